The van der Waals surface area contributed by atoms with E-state index in [1.807, 2.05) is 31.2 Å². The van der Waals surface area contributed by atoms with Crippen LogP contribution in [-0.2, 0) is 0 Å². The van der Waals surface area contributed by atoms with Crippen molar-refractivity contribution < 1.29 is 4.79 Å². The summed E-state index contributed by atoms with van der Waals surface area (Å²) in [5.41, 5.74) is 2.59. The van der Waals surface area contributed by atoms with Gasteiger partial charge >= 0.3 is 0 Å². The maximum absolute atomic E-state index is 12.3. The average molecular weight is 339 g/mol. The zero-order valence-corrected chi connectivity index (χ0v) is 14.7. The van der Waals surface area contributed by atoms with Crippen molar-refractivity contribution in [3.8, 4) is 11.3 Å². The van der Waals surface area contributed by atoms with Crippen molar-refractivity contribution in [3.63, 3.8) is 0 Å². The van der Waals surface area contributed by atoms with Crippen LogP contribution in [0.4, 0.5) is 0 Å². The summed E-state index contributed by atoms with van der Waals surface area (Å²) >= 11 is 0. The molecule has 1 fully saturated rings. The molecule has 0 saturated carbocycles. The number of H-pyrrole nitrogens is 1. The number of nitrogens with one attached hydrogen (secondary N) is 2. The molecule has 25 heavy (non-hydrogen) atoms. The van der Waals surface area contributed by atoms with Gasteiger partial charge in [-0.1, -0.05) is 30.2 Å². The number of carbonyl (C=O) groups is 1. The molecule has 132 valence electrons. The highest BCUT2D eigenvalue weighted by atomic mass is 16.2. The molecular formula is C20H25N3O2. The number of aryl methyl sites for hydroxylation is 1. The van der Waals surface area contributed by atoms with E-state index in [0.717, 1.165) is 36.5 Å². The zero-order chi connectivity index (χ0) is 17.6. The van der Waals surface area contributed by atoms with E-state index in [1.165, 1.54) is 19.3 Å². The second kappa shape index (κ2) is 8.12. The van der Waals surface area contributed by atoms with Crippen molar-refractivity contribution in [2.75, 3.05) is 26.2 Å². The number of nitrogens with zero attached hydrogens (tertiary/aromatic N) is 1. The predicted octanol–water partition coefficient (Wildman–Crippen LogP) is 2.57. The minimum absolute atomic E-state index is 0.162. The number of benzene rings is 1. The van der Waals surface area contributed by atoms with Crippen LogP contribution >= 0.6 is 0 Å². The molecule has 3 rings (SSSR count). The number of piperidine rings is 1. The van der Waals surface area contributed by atoms with Crippen LogP contribution in [0.1, 0.15) is 35.2 Å². The minimum atomic E-state index is -0.352. The lowest BCUT2D eigenvalue weighted by atomic mass is 10.1. The van der Waals surface area contributed by atoms with Crippen molar-refractivity contribution in [1.82, 2.24) is 15.2 Å². The Kier molecular flexibility index (Phi) is 5.66. The fourth-order valence-electron chi connectivity index (χ4n) is 3.24. The summed E-state index contributed by atoms with van der Waals surface area (Å²) in [5, 5.41) is 2.85. The molecule has 2 aromatic rings. The topological polar surface area (TPSA) is 65.2 Å². The van der Waals surface area contributed by atoms with E-state index >= 15 is 0 Å². The molecule has 1 aliphatic heterocycles. The second-order valence-corrected chi connectivity index (χ2v) is 6.64. The third-order valence-electron chi connectivity index (χ3n) is 4.65. The van der Waals surface area contributed by atoms with Crippen LogP contribution in [0.15, 0.2) is 41.2 Å². The Morgan fingerprint density at radius 1 is 1.16 bits per heavy atom. The van der Waals surface area contributed by atoms with Gasteiger partial charge in [-0.2, -0.15) is 0 Å². The SMILES string of the molecule is Cc1cccc(-c2ccc(C(=O)NCCN3CCCCC3)c(=O)[nH]2)c1. The summed E-state index contributed by atoms with van der Waals surface area (Å²) in [6.07, 6.45) is 3.76. The smallest absolute Gasteiger partial charge is 0.261 e. The molecule has 0 radical (unpaired) electrons. The number of amides is 1. The van der Waals surface area contributed by atoms with Crippen LogP contribution in [0.5, 0.6) is 0 Å². The standard InChI is InChI=1S/C20H25N3O2/c1-15-6-5-7-16(14-15)18-9-8-17(20(25)22-18)19(24)21-10-13-23-11-3-2-4-12-23/h5-9,14H,2-4,10-13H2,1H3,(H,21,24)(H,22,25). The Morgan fingerprint density at radius 2 is 1.96 bits per heavy atom. The minimum Gasteiger partial charge on any atom is -0.351 e. The fraction of sp³-hybridized carbons (Fsp3) is 0.400. The fourth-order valence-corrected chi connectivity index (χ4v) is 3.24. The Hall–Kier alpha value is -2.40. The number of rotatable bonds is 5. The van der Waals surface area contributed by atoms with Gasteiger partial charge in [-0.05, 0) is 56.6 Å². The van der Waals surface area contributed by atoms with Gasteiger partial charge in [0.2, 0.25) is 0 Å². The molecule has 1 aromatic carbocycles. The molecule has 1 amide bonds. The number of hydrogen-bond donors (Lipinski definition) is 2. The van der Waals surface area contributed by atoms with E-state index < -0.39 is 0 Å². The quantitative estimate of drug-likeness (QED) is 0.880. The van der Waals surface area contributed by atoms with Gasteiger partial charge in [-0.3, -0.25) is 9.59 Å². The van der Waals surface area contributed by atoms with Crippen LogP contribution in [0.2, 0.25) is 0 Å². The molecule has 0 aliphatic carbocycles. The summed E-state index contributed by atoms with van der Waals surface area (Å²) in [4.78, 5) is 29.7. The third-order valence-corrected chi connectivity index (χ3v) is 4.65. The summed E-state index contributed by atoms with van der Waals surface area (Å²) in [7, 11) is 0. The summed E-state index contributed by atoms with van der Waals surface area (Å²) in [6.45, 7) is 5.61. The average Bonchev–Trinajstić information content (AvgIpc) is 2.62. The molecular weight excluding hydrogens is 314 g/mol. The van der Waals surface area contributed by atoms with Gasteiger partial charge in [0.15, 0.2) is 0 Å². The van der Waals surface area contributed by atoms with Crippen molar-refractivity contribution >= 4 is 5.91 Å². The lowest BCUT2D eigenvalue weighted by Crippen LogP contribution is -2.38. The number of pyridine rings is 1. The molecule has 2 N–H and O–H groups in total. The van der Waals surface area contributed by atoms with Gasteiger partial charge < -0.3 is 15.2 Å². The predicted molar refractivity (Wildman–Crippen MR) is 99.9 cm³/mol. The zero-order valence-electron chi connectivity index (χ0n) is 14.7. The molecule has 1 aromatic heterocycles. The van der Waals surface area contributed by atoms with Gasteiger partial charge in [0.05, 0.1) is 0 Å². The van der Waals surface area contributed by atoms with E-state index in [0.29, 0.717) is 6.54 Å². The van der Waals surface area contributed by atoms with Crippen molar-refractivity contribution in [1.29, 1.82) is 0 Å². The van der Waals surface area contributed by atoms with Crippen LogP contribution in [0, 0.1) is 6.92 Å². The van der Waals surface area contributed by atoms with Crippen LogP contribution < -0.4 is 10.9 Å². The molecule has 0 spiro atoms. The lowest BCUT2D eigenvalue weighted by molar-refractivity contribution is 0.0945. The van der Waals surface area contributed by atoms with Gasteiger partial charge in [-0.15, -0.1) is 0 Å². The first-order valence-electron chi connectivity index (χ1n) is 8.94. The van der Waals surface area contributed by atoms with Crippen LogP contribution in [-0.4, -0.2) is 42.0 Å². The number of aromatic nitrogens is 1. The molecule has 1 saturated heterocycles. The summed E-state index contributed by atoms with van der Waals surface area (Å²) in [6, 6.07) is 11.3. The Balaban J connectivity index is 1.62. The Bertz CT molecular complexity index is 792. The van der Waals surface area contributed by atoms with E-state index in [4.69, 9.17) is 0 Å². The van der Waals surface area contributed by atoms with Crippen molar-refractivity contribution in [3.05, 3.63) is 57.9 Å². The maximum atomic E-state index is 12.3. The molecule has 0 atom stereocenters. The first-order chi connectivity index (χ1) is 12.1. The largest absolute Gasteiger partial charge is 0.351 e. The normalized spacial score (nSPS) is 15.1. The lowest BCUT2D eigenvalue weighted by Gasteiger charge is -2.26. The number of hydrogen-bond acceptors (Lipinski definition) is 3. The monoisotopic (exact) mass is 339 g/mol. The molecule has 2 heterocycles. The highest BCUT2D eigenvalue weighted by Gasteiger charge is 2.13. The first kappa shape index (κ1) is 17.4. The number of likely N-dealkylation sites (tertiary alicyclic amines) is 1. The Labute approximate surface area is 148 Å². The highest BCUT2D eigenvalue weighted by Crippen LogP contribution is 2.16. The summed E-state index contributed by atoms with van der Waals surface area (Å²) in [5.74, 6) is -0.311. The molecule has 1 aliphatic rings. The van der Waals surface area contributed by atoms with Gasteiger partial charge in [0.25, 0.3) is 11.5 Å². The Morgan fingerprint density at radius 3 is 2.68 bits per heavy atom. The molecule has 5 nitrogen and oxygen atoms in total. The molecule has 5 heteroatoms. The summed E-state index contributed by atoms with van der Waals surface area (Å²) < 4.78 is 0. The van der Waals surface area contributed by atoms with Gasteiger partial charge in [-0.25, -0.2) is 0 Å². The van der Waals surface area contributed by atoms with E-state index in [1.54, 1.807) is 12.1 Å². The highest BCUT2D eigenvalue weighted by molar-refractivity contribution is 5.94. The number of aromatic amines is 1. The van der Waals surface area contributed by atoms with Crippen LogP contribution in [0.25, 0.3) is 11.3 Å². The van der Waals surface area contributed by atoms with Crippen molar-refractivity contribution in [2.45, 2.75) is 26.2 Å². The second-order valence-electron chi connectivity index (χ2n) is 6.64. The first-order valence-corrected chi connectivity index (χ1v) is 8.94. The van der Waals surface area contributed by atoms with Gasteiger partial charge in [0.1, 0.15) is 5.56 Å². The number of carbonyl (C=O) groups excluding carboxylic acids is 1. The molecule has 0 unspecified atom stereocenters. The third kappa shape index (κ3) is 4.57. The van der Waals surface area contributed by atoms with Crippen molar-refractivity contribution in [2.24, 2.45) is 0 Å². The maximum Gasteiger partial charge on any atom is 0.261 e. The molecule has 0 bridgehead atoms. The van der Waals surface area contributed by atoms with E-state index in [9.17, 15) is 9.59 Å². The van der Waals surface area contributed by atoms with E-state index in [2.05, 4.69) is 15.2 Å². The van der Waals surface area contributed by atoms with E-state index in [-0.39, 0.29) is 17.0 Å². The van der Waals surface area contributed by atoms with Crippen LogP contribution in [0.3, 0.4) is 0 Å². The van der Waals surface area contributed by atoms with Gasteiger partial charge in [0, 0.05) is 18.8 Å².